The molecule has 24 heavy (non-hydrogen) atoms. The molecule has 1 aromatic carbocycles. The number of benzene rings is 1. The Morgan fingerprint density at radius 3 is 2.79 bits per heavy atom. The van der Waals surface area contributed by atoms with E-state index in [1.807, 2.05) is 35.0 Å². The van der Waals surface area contributed by atoms with Crippen molar-refractivity contribution in [2.45, 2.75) is 33.4 Å². The van der Waals surface area contributed by atoms with Crippen molar-refractivity contribution >= 4 is 32.7 Å². The highest BCUT2D eigenvalue weighted by Gasteiger charge is 2.26. The molecule has 3 rings (SSSR count). The summed E-state index contributed by atoms with van der Waals surface area (Å²) in [5.74, 6) is 0. The van der Waals surface area contributed by atoms with Gasteiger partial charge in [-0.2, -0.15) is 0 Å². The molecule has 2 amide bonds. The Bertz CT molecular complexity index is 786. The van der Waals surface area contributed by atoms with Gasteiger partial charge < -0.3 is 9.88 Å². The normalized spacial score (nSPS) is 13.0. The van der Waals surface area contributed by atoms with Gasteiger partial charge in [0.15, 0.2) is 5.13 Å². The SMILES string of the molecule is CC(C)(C)[C@@H](Cn1ccnc1)NC(=O)Nc1nc2ccccc2s1. The maximum atomic E-state index is 12.4. The lowest BCUT2D eigenvalue weighted by atomic mass is 9.86. The third-order valence-electron chi connectivity index (χ3n) is 3.82. The van der Waals surface area contributed by atoms with Gasteiger partial charge in [0.25, 0.3) is 0 Å². The minimum absolute atomic E-state index is 0.0407. The van der Waals surface area contributed by atoms with Crippen LogP contribution in [0.4, 0.5) is 9.93 Å². The lowest BCUT2D eigenvalue weighted by molar-refractivity contribution is 0.219. The van der Waals surface area contributed by atoms with Crippen LogP contribution in [0, 0.1) is 5.41 Å². The fourth-order valence-corrected chi connectivity index (χ4v) is 3.22. The number of rotatable bonds is 4. The Hall–Kier alpha value is -2.41. The van der Waals surface area contributed by atoms with Crippen molar-refractivity contribution in [2.24, 2.45) is 5.41 Å². The molecule has 126 valence electrons. The molecule has 0 fully saturated rings. The summed E-state index contributed by atoms with van der Waals surface area (Å²) in [7, 11) is 0. The summed E-state index contributed by atoms with van der Waals surface area (Å²) in [6, 6.07) is 7.55. The zero-order valence-electron chi connectivity index (χ0n) is 14.0. The molecule has 0 saturated heterocycles. The molecule has 0 aliphatic rings. The molecule has 6 nitrogen and oxygen atoms in total. The van der Waals surface area contributed by atoms with Crippen molar-refractivity contribution < 1.29 is 4.79 Å². The summed E-state index contributed by atoms with van der Waals surface area (Å²) in [4.78, 5) is 20.9. The molecule has 0 unspecified atom stereocenters. The number of urea groups is 1. The Morgan fingerprint density at radius 1 is 1.33 bits per heavy atom. The molecule has 2 N–H and O–H groups in total. The van der Waals surface area contributed by atoms with Crippen molar-refractivity contribution in [1.29, 1.82) is 0 Å². The number of carbonyl (C=O) groups is 1. The van der Waals surface area contributed by atoms with Gasteiger partial charge in [-0.1, -0.05) is 44.2 Å². The van der Waals surface area contributed by atoms with Gasteiger partial charge in [0.05, 0.1) is 22.6 Å². The van der Waals surface area contributed by atoms with Crippen molar-refractivity contribution in [2.75, 3.05) is 5.32 Å². The topological polar surface area (TPSA) is 71.8 Å². The number of amides is 2. The number of nitrogens with one attached hydrogen (secondary N) is 2. The molecule has 2 heterocycles. The predicted octanol–water partition coefficient (Wildman–Crippen LogP) is 3.73. The first-order chi connectivity index (χ1) is 11.4. The molecule has 0 bridgehead atoms. The van der Waals surface area contributed by atoms with Gasteiger partial charge in [-0.25, -0.2) is 14.8 Å². The van der Waals surface area contributed by atoms with Crippen LogP contribution in [0.15, 0.2) is 43.0 Å². The lowest BCUT2D eigenvalue weighted by Gasteiger charge is -2.31. The van der Waals surface area contributed by atoms with E-state index in [4.69, 9.17) is 0 Å². The maximum Gasteiger partial charge on any atom is 0.321 e. The quantitative estimate of drug-likeness (QED) is 0.758. The molecule has 0 saturated carbocycles. The van der Waals surface area contributed by atoms with Gasteiger partial charge in [-0.15, -0.1) is 0 Å². The van der Waals surface area contributed by atoms with E-state index in [2.05, 4.69) is 41.4 Å². The van der Waals surface area contributed by atoms with Crippen LogP contribution in [0.2, 0.25) is 0 Å². The van der Waals surface area contributed by atoms with E-state index in [9.17, 15) is 4.79 Å². The molecule has 0 aliphatic carbocycles. The molecule has 1 atom stereocenters. The summed E-state index contributed by atoms with van der Waals surface area (Å²) >= 11 is 1.47. The van der Waals surface area contributed by atoms with Crippen LogP contribution in [0.1, 0.15) is 20.8 Å². The number of fused-ring (bicyclic) bond motifs is 1. The van der Waals surface area contributed by atoms with Crippen molar-refractivity contribution in [3.63, 3.8) is 0 Å². The first-order valence-corrected chi connectivity index (χ1v) is 8.62. The third kappa shape index (κ3) is 3.91. The second-order valence-corrected chi connectivity index (χ2v) is 7.79. The Balaban J connectivity index is 1.68. The third-order valence-corrected chi connectivity index (χ3v) is 4.77. The number of imidazole rings is 1. The standard InChI is InChI=1S/C17H21N5OS/c1-17(2,3)14(10-22-9-8-18-11-22)20-15(23)21-16-19-12-6-4-5-7-13(12)24-16/h4-9,11,14H,10H2,1-3H3,(H2,19,20,21,23)/t14-/m1/s1. The van der Waals surface area contributed by atoms with Gasteiger partial charge >= 0.3 is 6.03 Å². The van der Waals surface area contributed by atoms with Crippen molar-refractivity contribution in [3.05, 3.63) is 43.0 Å². The summed E-state index contributed by atoms with van der Waals surface area (Å²) in [5.41, 5.74) is 0.804. The van der Waals surface area contributed by atoms with Crippen molar-refractivity contribution in [3.8, 4) is 0 Å². The summed E-state index contributed by atoms with van der Waals surface area (Å²) in [6.07, 6.45) is 5.39. The Morgan fingerprint density at radius 2 is 2.12 bits per heavy atom. The number of hydrogen-bond acceptors (Lipinski definition) is 4. The highest BCUT2D eigenvalue weighted by atomic mass is 32.1. The van der Waals surface area contributed by atoms with Crippen LogP contribution in [0.5, 0.6) is 0 Å². The van der Waals surface area contributed by atoms with Crippen LogP contribution in [0.25, 0.3) is 10.2 Å². The van der Waals surface area contributed by atoms with Gasteiger partial charge in [0, 0.05) is 18.9 Å². The molecule has 0 spiro atoms. The van der Waals surface area contributed by atoms with Crippen LogP contribution in [0.3, 0.4) is 0 Å². The average molecular weight is 343 g/mol. The molecule has 7 heteroatoms. The van der Waals surface area contributed by atoms with Gasteiger partial charge in [-0.05, 0) is 17.5 Å². The van der Waals surface area contributed by atoms with Crippen LogP contribution in [-0.2, 0) is 6.54 Å². The number of aromatic nitrogens is 3. The van der Waals surface area contributed by atoms with Crippen LogP contribution in [-0.4, -0.2) is 26.6 Å². The van der Waals surface area contributed by atoms with E-state index in [0.717, 1.165) is 10.2 Å². The number of anilines is 1. The highest BCUT2D eigenvalue weighted by molar-refractivity contribution is 7.22. The number of hydrogen-bond donors (Lipinski definition) is 2. The fourth-order valence-electron chi connectivity index (χ4n) is 2.36. The van der Waals surface area contributed by atoms with E-state index >= 15 is 0 Å². The van der Waals surface area contributed by atoms with E-state index in [1.165, 1.54) is 11.3 Å². The zero-order valence-corrected chi connectivity index (χ0v) is 14.8. The molecule has 0 aliphatic heterocycles. The Kier molecular flexibility index (Phi) is 4.53. The largest absolute Gasteiger partial charge is 0.335 e. The number of carbonyl (C=O) groups excluding carboxylic acids is 1. The minimum atomic E-state index is -0.242. The Labute approximate surface area is 144 Å². The van der Waals surface area contributed by atoms with Crippen molar-refractivity contribution in [1.82, 2.24) is 19.9 Å². The second-order valence-electron chi connectivity index (χ2n) is 6.76. The van der Waals surface area contributed by atoms with E-state index < -0.39 is 0 Å². The highest BCUT2D eigenvalue weighted by Crippen LogP contribution is 2.26. The van der Waals surface area contributed by atoms with E-state index in [-0.39, 0.29) is 17.5 Å². The first kappa shape index (κ1) is 16.4. The lowest BCUT2D eigenvalue weighted by Crippen LogP contribution is -2.47. The summed E-state index contributed by atoms with van der Waals surface area (Å²) in [5, 5.41) is 6.50. The second kappa shape index (κ2) is 6.60. The van der Waals surface area contributed by atoms with Gasteiger partial charge in [0.1, 0.15) is 0 Å². The predicted molar refractivity (Wildman–Crippen MR) is 97.2 cm³/mol. The minimum Gasteiger partial charge on any atom is -0.335 e. The summed E-state index contributed by atoms with van der Waals surface area (Å²) < 4.78 is 3.02. The molecular weight excluding hydrogens is 322 g/mol. The number of para-hydroxylation sites is 1. The smallest absolute Gasteiger partial charge is 0.321 e. The van der Waals surface area contributed by atoms with E-state index in [1.54, 1.807) is 12.5 Å². The average Bonchev–Trinajstić information content (AvgIpc) is 3.13. The summed E-state index contributed by atoms with van der Waals surface area (Å²) in [6.45, 7) is 6.97. The molecule has 2 aromatic heterocycles. The monoisotopic (exact) mass is 343 g/mol. The first-order valence-electron chi connectivity index (χ1n) is 7.80. The van der Waals surface area contributed by atoms with Crippen LogP contribution < -0.4 is 10.6 Å². The maximum absolute atomic E-state index is 12.4. The molecule has 0 radical (unpaired) electrons. The van der Waals surface area contributed by atoms with Gasteiger partial charge in [-0.3, -0.25) is 5.32 Å². The number of nitrogens with zero attached hydrogens (tertiary/aromatic N) is 3. The van der Waals surface area contributed by atoms with E-state index in [0.29, 0.717) is 11.7 Å². The molecule has 3 aromatic rings. The van der Waals surface area contributed by atoms with Gasteiger partial charge in [0.2, 0.25) is 0 Å². The fraction of sp³-hybridized carbons (Fsp3) is 0.353. The molecular formula is C17H21N5OS. The van der Waals surface area contributed by atoms with Crippen LogP contribution >= 0.6 is 11.3 Å². The zero-order chi connectivity index (χ0) is 17.2. The number of thiazole rings is 1.